The number of rotatable bonds is 5. The van der Waals surface area contributed by atoms with Crippen molar-refractivity contribution in [3.05, 3.63) is 46.5 Å². The summed E-state index contributed by atoms with van der Waals surface area (Å²) in [5.74, 6) is 0. The Labute approximate surface area is 121 Å². The predicted molar refractivity (Wildman–Crippen MR) is 73.9 cm³/mol. The number of hydrogen-bond acceptors (Lipinski definition) is 3. The van der Waals surface area contributed by atoms with Gasteiger partial charge in [0.1, 0.15) is 0 Å². The van der Waals surface area contributed by atoms with Crippen LogP contribution in [0.3, 0.4) is 0 Å². The second kappa shape index (κ2) is 5.92. The number of imidazole rings is 1. The fraction of sp³-hybridized carbons (Fsp3) is 0.182. The molecular formula is C11H11Cl2N3O2S. The van der Waals surface area contributed by atoms with Gasteiger partial charge in [-0.25, -0.2) is 18.1 Å². The van der Waals surface area contributed by atoms with Gasteiger partial charge in [-0.1, -0.05) is 23.2 Å². The molecule has 0 radical (unpaired) electrons. The smallest absolute Gasteiger partial charge is 0.240 e. The van der Waals surface area contributed by atoms with Crippen LogP contribution in [0.4, 0.5) is 0 Å². The highest BCUT2D eigenvalue weighted by molar-refractivity contribution is 7.89. The monoisotopic (exact) mass is 319 g/mol. The molecule has 1 aromatic heterocycles. The number of aromatic amines is 1. The molecule has 1 heterocycles. The second-order valence-electron chi connectivity index (χ2n) is 3.80. The number of hydrogen-bond donors (Lipinski definition) is 2. The molecule has 0 fully saturated rings. The van der Waals surface area contributed by atoms with Gasteiger partial charge in [0.25, 0.3) is 0 Å². The summed E-state index contributed by atoms with van der Waals surface area (Å²) in [7, 11) is -3.58. The zero-order chi connectivity index (χ0) is 13.9. The van der Waals surface area contributed by atoms with Crippen LogP contribution in [0.5, 0.6) is 0 Å². The Morgan fingerprint density at radius 2 is 2.05 bits per heavy atom. The number of benzene rings is 1. The van der Waals surface area contributed by atoms with Crippen molar-refractivity contribution < 1.29 is 8.42 Å². The molecule has 102 valence electrons. The van der Waals surface area contributed by atoms with E-state index in [0.717, 1.165) is 5.69 Å². The largest absolute Gasteiger partial charge is 0.348 e. The van der Waals surface area contributed by atoms with Crippen LogP contribution in [-0.4, -0.2) is 24.9 Å². The van der Waals surface area contributed by atoms with E-state index >= 15 is 0 Å². The first kappa shape index (κ1) is 14.3. The summed E-state index contributed by atoms with van der Waals surface area (Å²) >= 11 is 11.5. The van der Waals surface area contributed by atoms with Gasteiger partial charge in [-0.05, 0) is 18.2 Å². The minimum Gasteiger partial charge on any atom is -0.348 e. The van der Waals surface area contributed by atoms with Gasteiger partial charge < -0.3 is 4.98 Å². The van der Waals surface area contributed by atoms with Crippen LogP contribution < -0.4 is 4.72 Å². The van der Waals surface area contributed by atoms with Crippen LogP contribution in [0.15, 0.2) is 35.6 Å². The van der Waals surface area contributed by atoms with Crippen molar-refractivity contribution in [1.82, 2.24) is 14.7 Å². The maximum absolute atomic E-state index is 12.0. The third-order valence-electron chi connectivity index (χ3n) is 2.44. The molecule has 0 spiro atoms. The second-order valence-corrected chi connectivity index (χ2v) is 6.38. The molecule has 0 bridgehead atoms. The fourth-order valence-corrected chi connectivity index (χ4v) is 2.89. The molecular weight excluding hydrogens is 309 g/mol. The highest BCUT2D eigenvalue weighted by atomic mass is 35.5. The van der Waals surface area contributed by atoms with Crippen molar-refractivity contribution >= 4 is 33.2 Å². The summed E-state index contributed by atoms with van der Waals surface area (Å²) in [6.45, 7) is 0.269. The van der Waals surface area contributed by atoms with Crippen LogP contribution in [0, 0.1) is 0 Å². The maximum Gasteiger partial charge on any atom is 0.240 e. The highest BCUT2D eigenvalue weighted by Gasteiger charge is 2.14. The minimum atomic E-state index is -3.58. The van der Waals surface area contributed by atoms with Crippen LogP contribution in [0.1, 0.15) is 5.69 Å². The lowest BCUT2D eigenvalue weighted by molar-refractivity contribution is 0.581. The normalized spacial score (nSPS) is 11.7. The Balaban J connectivity index is 2.03. The molecule has 0 unspecified atom stereocenters. The van der Waals surface area contributed by atoms with Crippen molar-refractivity contribution in [1.29, 1.82) is 0 Å². The third kappa shape index (κ3) is 3.70. The molecule has 2 rings (SSSR count). The summed E-state index contributed by atoms with van der Waals surface area (Å²) < 4.78 is 26.5. The predicted octanol–water partition coefficient (Wildman–Crippen LogP) is 2.24. The van der Waals surface area contributed by atoms with Crippen LogP contribution in [0.2, 0.25) is 10.0 Å². The number of H-pyrrole nitrogens is 1. The number of halogens is 2. The summed E-state index contributed by atoms with van der Waals surface area (Å²) in [4.78, 5) is 6.84. The first-order valence-electron chi connectivity index (χ1n) is 5.41. The Kier molecular flexibility index (Phi) is 4.46. The van der Waals surface area contributed by atoms with Gasteiger partial charge >= 0.3 is 0 Å². The molecule has 2 aromatic rings. The topological polar surface area (TPSA) is 74.8 Å². The van der Waals surface area contributed by atoms with E-state index in [4.69, 9.17) is 23.2 Å². The van der Waals surface area contributed by atoms with Crippen molar-refractivity contribution in [2.24, 2.45) is 0 Å². The van der Waals surface area contributed by atoms with Crippen LogP contribution >= 0.6 is 23.2 Å². The van der Waals surface area contributed by atoms with Gasteiger partial charge in [-0.3, -0.25) is 0 Å². The summed E-state index contributed by atoms with van der Waals surface area (Å²) in [5, 5.41) is 0.524. The lowest BCUT2D eigenvalue weighted by Gasteiger charge is -2.07. The van der Waals surface area contributed by atoms with Gasteiger partial charge in [-0.15, -0.1) is 0 Å². The van der Waals surface area contributed by atoms with Crippen molar-refractivity contribution in [2.75, 3.05) is 6.54 Å². The van der Waals surface area contributed by atoms with E-state index in [1.54, 1.807) is 12.5 Å². The molecule has 0 aliphatic carbocycles. The lowest BCUT2D eigenvalue weighted by atomic mass is 10.3. The highest BCUT2D eigenvalue weighted by Crippen LogP contribution is 2.24. The van der Waals surface area contributed by atoms with Gasteiger partial charge in [0.15, 0.2) is 0 Å². The van der Waals surface area contributed by atoms with E-state index in [1.807, 2.05) is 0 Å². The molecule has 0 amide bonds. The Morgan fingerprint density at radius 1 is 1.26 bits per heavy atom. The van der Waals surface area contributed by atoms with Crippen LogP contribution in [-0.2, 0) is 16.4 Å². The quantitative estimate of drug-likeness (QED) is 0.887. The van der Waals surface area contributed by atoms with Gasteiger partial charge in [0.2, 0.25) is 10.0 Å². The lowest BCUT2D eigenvalue weighted by Crippen LogP contribution is -2.26. The van der Waals surface area contributed by atoms with Crippen molar-refractivity contribution in [2.45, 2.75) is 11.3 Å². The molecule has 0 saturated carbocycles. The summed E-state index contributed by atoms with van der Waals surface area (Å²) in [5.41, 5.74) is 0.858. The van der Waals surface area contributed by atoms with Crippen molar-refractivity contribution in [3.8, 4) is 0 Å². The molecule has 0 atom stereocenters. The first-order chi connectivity index (χ1) is 8.99. The number of aromatic nitrogens is 2. The molecule has 0 aliphatic rings. The van der Waals surface area contributed by atoms with E-state index in [-0.39, 0.29) is 16.5 Å². The van der Waals surface area contributed by atoms with E-state index in [1.165, 1.54) is 18.2 Å². The summed E-state index contributed by atoms with van der Waals surface area (Å²) in [6.07, 6.45) is 3.72. The fourth-order valence-electron chi connectivity index (χ4n) is 1.47. The third-order valence-corrected chi connectivity index (χ3v) is 4.64. The first-order valence-corrected chi connectivity index (χ1v) is 7.65. The molecule has 19 heavy (non-hydrogen) atoms. The molecule has 8 heteroatoms. The van der Waals surface area contributed by atoms with E-state index < -0.39 is 10.0 Å². The standard InChI is InChI=1S/C11H11Cl2N3O2S/c12-10-2-1-9(5-11(10)13)19(17,18)16-4-3-8-6-14-7-15-8/h1-2,5-7,16H,3-4H2,(H,14,15). The van der Waals surface area contributed by atoms with Crippen molar-refractivity contribution in [3.63, 3.8) is 0 Å². The van der Waals surface area contributed by atoms with Crippen LogP contribution in [0.25, 0.3) is 0 Å². The molecule has 2 N–H and O–H groups in total. The number of sulfonamides is 1. The SMILES string of the molecule is O=S(=O)(NCCc1cnc[nH]1)c1ccc(Cl)c(Cl)c1. The van der Waals surface area contributed by atoms with E-state index in [9.17, 15) is 8.42 Å². The number of nitrogens with zero attached hydrogens (tertiary/aromatic N) is 1. The molecule has 0 saturated heterocycles. The average molecular weight is 320 g/mol. The summed E-state index contributed by atoms with van der Waals surface area (Å²) in [6, 6.07) is 4.18. The number of nitrogens with one attached hydrogen (secondary N) is 2. The zero-order valence-electron chi connectivity index (χ0n) is 9.73. The van der Waals surface area contributed by atoms with Gasteiger partial charge in [0.05, 0.1) is 21.3 Å². The maximum atomic E-state index is 12.0. The minimum absolute atomic E-state index is 0.0894. The molecule has 0 aliphatic heterocycles. The Bertz CT molecular complexity index is 657. The molecule has 1 aromatic carbocycles. The average Bonchev–Trinajstić information content (AvgIpc) is 2.85. The van der Waals surface area contributed by atoms with Gasteiger partial charge in [0, 0.05) is 24.9 Å². The Morgan fingerprint density at radius 3 is 2.68 bits per heavy atom. The van der Waals surface area contributed by atoms with E-state index in [0.29, 0.717) is 11.4 Å². The zero-order valence-corrected chi connectivity index (χ0v) is 12.1. The Hall–Kier alpha value is -1.08. The van der Waals surface area contributed by atoms with Gasteiger partial charge in [-0.2, -0.15) is 0 Å². The van der Waals surface area contributed by atoms with E-state index in [2.05, 4.69) is 14.7 Å². The molecule has 5 nitrogen and oxygen atoms in total.